The number of carboxylic acids is 1. The molecular weight excluding hydrogens is 268 g/mol. The van der Waals surface area contributed by atoms with Gasteiger partial charge in [0.05, 0.1) is 6.54 Å². The molecule has 0 saturated heterocycles. The molecule has 0 spiro atoms. The number of imidazole rings is 1. The zero-order chi connectivity index (χ0) is 15.5. The summed E-state index contributed by atoms with van der Waals surface area (Å²) < 4.78 is 1.90. The van der Waals surface area contributed by atoms with Crippen molar-refractivity contribution in [3.8, 4) is 0 Å². The summed E-state index contributed by atoms with van der Waals surface area (Å²) >= 11 is 0. The van der Waals surface area contributed by atoms with E-state index in [0.29, 0.717) is 12.1 Å². The summed E-state index contributed by atoms with van der Waals surface area (Å²) in [4.78, 5) is 17.8. The lowest BCUT2D eigenvalue weighted by Crippen LogP contribution is -2.52. The quantitative estimate of drug-likeness (QED) is 0.821. The van der Waals surface area contributed by atoms with Crippen LogP contribution < -0.4 is 5.73 Å². The number of carbonyl (C=O) groups is 1. The third-order valence-electron chi connectivity index (χ3n) is 3.52. The Morgan fingerprint density at radius 2 is 2.10 bits per heavy atom. The predicted molar refractivity (Wildman–Crippen MR) is 79.5 cm³/mol. The fourth-order valence-corrected chi connectivity index (χ4v) is 2.29. The number of aryl methyl sites for hydroxylation is 1. The number of hydrogen-bond donors (Lipinski definition) is 2. The first-order chi connectivity index (χ1) is 9.93. The van der Waals surface area contributed by atoms with E-state index in [4.69, 9.17) is 5.73 Å². The van der Waals surface area contributed by atoms with Crippen LogP contribution in [0.25, 0.3) is 0 Å². The summed E-state index contributed by atoms with van der Waals surface area (Å²) in [6.45, 7) is 0.724. The maximum atomic E-state index is 11.7. The fourth-order valence-electron chi connectivity index (χ4n) is 2.29. The molecule has 6 nitrogen and oxygen atoms in total. The van der Waals surface area contributed by atoms with Crippen LogP contribution in [0.15, 0.2) is 42.7 Å². The minimum atomic E-state index is -1.44. The number of nitrogens with two attached hydrogens (primary N) is 1. The van der Waals surface area contributed by atoms with Crippen LogP contribution in [0.3, 0.4) is 0 Å². The predicted octanol–water partition coefficient (Wildman–Crippen LogP) is 0.791. The smallest absolute Gasteiger partial charge is 0.329 e. The molecule has 3 N–H and O–H groups in total. The highest BCUT2D eigenvalue weighted by atomic mass is 16.4. The van der Waals surface area contributed by atoms with Gasteiger partial charge in [0.15, 0.2) is 5.54 Å². The molecule has 112 valence electrons. The van der Waals surface area contributed by atoms with Crippen LogP contribution >= 0.6 is 0 Å². The zero-order valence-corrected chi connectivity index (χ0v) is 12.2. The Balaban J connectivity index is 2.17. The molecule has 21 heavy (non-hydrogen) atoms. The van der Waals surface area contributed by atoms with Crippen LogP contribution in [0.2, 0.25) is 0 Å². The van der Waals surface area contributed by atoms with E-state index in [-0.39, 0.29) is 6.54 Å². The number of nitrogens with zero attached hydrogens (tertiary/aromatic N) is 3. The third-order valence-corrected chi connectivity index (χ3v) is 3.52. The van der Waals surface area contributed by atoms with E-state index in [9.17, 15) is 9.90 Å². The lowest BCUT2D eigenvalue weighted by Gasteiger charge is -2.30. The monoisotopic (exact) mass is 288 g/mol. The molecule has 0 fully saturated rings. The van der Waals surface area contributed by atoms with Crippen molar-refractivity contribution in [3.63, 3.8) is 0 Å². The van der Waals surface area contributed by atoms with Gasteiger partial charge in [0.25, 0.3) is 0 Å². The Morgan fingerprint density at radius 1 is 1.43 bits per heavy atom. The molecule has 1 atom stereocenters. The number of likely N-dealkylation sites (N-methyl/N-ethyl adjacent to an activating group) is 1. The SMILES string of the molecule is CN(Cc1nccn1C)CC(N)(C(=O)O)c1ccccc1. The number of aromatic nitrogens is 2. The van der Waals surface area contributed by atoms with E-state index in [2.05, 4.69) is 4.98 Å². The number of carboxylic acid groups (broad SMARTS) is 1. The van der Waals surface area contributed by atoms with Crippen molar-refractivity contribution in [2.24, 2.45) is 12.8 Å². The van der Waals surface area contributed by atoms with E-state index in [0.717, 1.165) is 5.82 Å². The summed E-state index contributed by atoms with van der Waals surface area (Å²) in [6.07, 6.45) is 3.57. The largest absolute Gasteiger partial charge is 0.480 e. The van der Waals surface area contributed by atoms with Gasteiger partial charge < -0.3 is 15.4 Å². The lowest BCUT2D eigenvalue weighted by molar-refractivity contribution is -0.144. The van der Waals surface area contributed by atoms with Crippen molar-refractivity contribution in [3.05, 3.63) is 54.1 Å². The standard InChI is InChI=1S/C15H20N4O2/c1-18(10-13-17-8-9-19(13)2)11-15(16,14(20)21)12-6-4-3-5-7-12/h3-9H,10-11,16H2,1-2H3,(H,20,21). The molecule has 0 aliphatic rings. The molecule has 0 radical (unpaired) electrons. The van der Waals surface area contributed by atoms with Crippen molar-refractivity contribution in [2.45, 2.75) is 12.1 Å². The minimum absolute atomic E-state index is 0.194. The second-order valence-electron chi connectivity index (χ2n) is 5.27. The Kier molecular flexibility index (Phi) is 4.40. The minimum Gasteiger partial charge on any atom is -0.480 e. The fraction of sp³-hybridized carbons (Fsp3) is 0.333. The first-order valence-corrected chi connectivity index (χ1v) is 6.66. The van der Waals surface area contributed by atoms with E-state index < -0.39 is 11.5 Å². The van der Waals surface area contributed by atoms with Gasteiger partial charge >= 0.3 is 5.97 Å². The second-order valence-corrected chi connectivity index (χ2v) is 5.27. The highest BCUT2D eigenvalue weighted by Crippen LogP contribution is 2.20. The van der Waals surface area contributed by atoms with Crippen LogP contribution in [0, 0.1) is 0 Å². The topological polar surface area (TPSA) is 84.4 Å². The molecule has 0 bridgehead atoms. The molecule has 0 aliphatic heterocycles. The zero-order valence-electron chi connectivity index (χ0n) is 12.2. The van der Waals surface area contributed by atoms with E-state index in [1.54, 1.807) is 30.5 Å². The van der Waals surface area contributed by atoms with Gasteiger partial charge in [-0.15, -0.1) is 0 Å². The van der Waals surface area contributed by atoms with Crippen molar-refractivity contribution in [2.75, 3.05) is 13.6 Å². The van der Waals surface area contributed by atoms with Gasteiger partial charge in [0.1, 0.15) is 5.82 Å². The van der Waals surface area contributed by atoms with E-state index in [1.165, 1.54) is 0 Å². The highest BCUT2D eigenvalue weighted by Gasteiger charge is 2.37. The van der Waals surface area contributed by atoms with Crippen LogP contribution in [-0.2, 0) is 23.9 Å². The van der Waals surface area contributed by atoms with E-state index >= 15 is 0 Å². The number of hydrogen-bond acceptors (Lipinski definition) is 4. The van der Waals surface area contributed by atoms with E-state index in [1.807, 2.05) is 35.8 Å². The van der Waals surface area contributed by atoms with Gasteiger partial charge in [-0.2, -0.15) is 0 Å². The molecule has 1 aromatic carbocycles. The Bertz CT molecular complexity index is 611. The Morgan fingerprint density at radius 3 is 2.62 bits per heavy atom. The second kappa shape index (κ2) is 6.07. The van der Waals surface area contributed by atoms with Gasteiger partial charge in [0, 0.05) is 26.0 Å². The number of benzene rings is 1. The van der Waals surface area contributed by atoms with Crippen molar-refractivity contribution in [1.29, 1.82) is 0 Å². The number of aliphatic carboxylic acids is 1. The summed E-state index contributed by atoms with van der Waals surface area (Å²) in [5, 5.41) is 9.54. The average molecular weight is 288 g/mol. The van der Waals surface area contributed by atoms with Crippen LogP contribution in [0.4, 0.5) is 0 Å². The summed E-state index contributed by atoms with van der Waals surface area (Å²) in [5.41, 5.74) is 5.31. The Labute approximate surface area is 123 Å². The molecule has 0 aliphatic carbocycles. The highest BCUT2D eigenvalue weighted by molar-refractivity contribution is 5.80. The summed E-state index contributed by atoms with van der Waals surface area (Å²) in [5.74, 6) is -0.182. The summed E-state index contributed by atoms with van der Waals surface area (Å²) in [7, 11) is 3.74. The number of rotatable bonds is 6. The molecule has 2 aromatic rings. The Hall–Kier alpha value is -2.18. The molecule has 1 unspecified atom stereocenters. The summed E-state index contributed by atoms with van der Waals surface area (Å²) in [6, 6.07) is 8.89. The maximum absolute atomic E-state index is 11.7. The van der Waals surface area contributed by atoms with Gasteiger partial charge in [-0.1, -0.05) is 30.3 Å². The lowest BCUT2D eigenvalue weighted by atomic mass is 9.90. The van der Waals surface area contributed by atoms with Crippen molar-refractivity contribution < 1.29 is 9.90 Å². The first-order valence-electron chi connectivity index (χ1n) is 6.66. The van der Waals surface area contributed by atoms with Crippen molar-refractivity contribution in [1.82, 2.24) is 14.5 Å². The van der Waals surface area contributed by atoms with Gasteiger partial charge in [-0.3, -0.25) is 4.90 Å². The molecule has 6 heteroatoms. The van der Waals surface area contributed by atoms with Crippen molar-refractivity contribution >= 4 is 5.97 Å². The maximum Gasteiger partial charge on any atom is 0.329 e. The normalized spacial score (nSPS) is 14.1. The molecule has 1 heterocycles. The third kappa shape index (κ3) is 3.29. The van der Waals surface area contributed by atoms with Gasteiger partial charge in [-0.25, -0.2) is 9.78 Å². The van der Waals surface area contributed by atoms with Crippen LogP contribution in [0.1, 0.15) is 11.4 Å². The van der Waals surface area contributed by atoms with Crippen LogP contribution in [-0.4, -0.2) is 39.1 Å². The molecule has 0 saturated carbocycles. The molecular formula is C15H20N4O2. The van der Waals surface area contributed by atoms with Gasteiger partial charge in [0.2, 0.25) is 0 Å². The molecule has 0 amide bonds. The van der Waals surface area contributed by atoms with Crippen LogP contribution in [0.5, 0.6) is 0 Å². The van der Waals surface area contributed by atoms with Gasteiger partial charge in [-0.05, 0) is 12.6 Å². The molecule has 1 aromatic heterocycles. The molecule has 2 rings (SSSR count). The first kappa shape index (κ1) is 15.2. The average Bonchev–Trinajstić information content (AvgIpc) is 2.84.